The van der Waals surface area contributed by atoms with Crippen LogP contribution in [0.3, 0.4) is 0 Å². The maximum absolute atomic E-state index is 12.2. The van der Waals surface area contributed by atoms with Crippen molar-refractivity contribution >= 4 is 22.3 Å². The first-order valence-electron chi connectivity index (χ1n) is 12.7. The molecule has 0 amide bonds. The van der Waals surface area contributed by atoms with Crippen LogP contribution in [0.4, 0.5) is 0 Å². The summed E-state index contributed by atoms with van der Waals surface area (Å²) < 4.78 is 36.6. The Balaban J connectivity index is 0.00000353. The van der Waals surface area contributed by atoms with Gasteiger partial charge in [-0.1, -0.05) is 84.9 Å². The van der Waals surface area contributed by atoms with Crippen molar-refractivity contribution in [2.45, 2.75) is 11.8 Å². The fraction of sp³-hybridized carbons (Fsp3) is 0.0323. The van der Waals surface area contributed by atoms with E-state index in [1.165, 1.54) is 10.9 Å². The summed E-state index contributed by atoms with van der Waals surface area (Å²) in [6.45, 7) is 1.94. The van der Waals surface area contributed by atoms with Gasteiger partial charge in [0, 0.05) is 11.1 Å². The summed E-state index contributed by atoms with van der Waals surface area (Å²) in [7, 11) is -4.78. The number of hydrogen-bond donors (Lipinski definition) is 0. The number of aromatic nitrogens is 6. The largest absolute Gasteiger partial charge is 1.00 e. The van der Waals surface area contributed by atoms with Crippen LogP contribution < -0.4 is 29.6 Å². The molecule has 6 aromatic rings. The minimum Gasteiger partial charge on any atom is -0.744 e. The molecule has 0 fully saturated rings. The van der Waals surface area contributed by atoms with E-state index in [0.29, 0.717) is 11.4 Å². The van der Waals surface area contributed by atoms with Crippen molar-refractivity contribution in [3.8, 4) is 33.9 Å². The maximum Gasteiger partial charge on any atom is 1.00 e. The molecule has 0 saturated heterocycles. The van der Waals surface area contributed by atoms with Crippen molar-refractivity contribution in [3.05, 3.63) is 126 Å². The third kappa shape index (κ3) is 6.33. The van der Waals surface area contributed by atoms with E-state index in [1.807, 2.05) is 85.8 Å². The Bertz CT molecular complexity index is 1990. The van der Waals surface area contributed by atoms with E-state index in [0.717, 1.165) is 33.6 Å². The molecule has 0 saturated carbocycles. The predicted molar refractivity (Wildman–Crippen MR) is 155 cm³/mol. The van der Waals surface area contributed by atoms with Crippen LogP contribution in [-0.4, -0.2) is 43.0 Å². The standard InChI is InChI=1S/C31H24N6O3S.Na/c1-22-18-27(36-32-20-29(34-36)24-8-4-2-5-9-24)16-14-23(22)12-13-26-15-17-28(19-31(26)41(38,39)40)37-33-21-30(35-37)25-10-6-3-7-11-25;/h2-21H,1H3,(H,38,39,40);/q;+1/p-1. The Kier molecular flexibility index (Phi) is 8.62. The van der Waals surface area contributed by atoms with Gasteiger partial charge in [-0.2, -0.15) is 19.8 Å². The molecule has 4 aromatic carbocycles. The second kappa shape index (κ2) is 12.4. The van der Waals surface area contributed by atoms with E-state index >= 15 is 0 Å². The van der Waals surface area contributed by atoms with Gasteiger partial charge in [-0.3, -0.25) is 0 Å². The van der Waals surface area contributed by atoms with Crippen molar-refractivity contribution in [2.24, 2.45) is 0 Å². The summed E-state index contributed by atoms with van der Waals surface area (Å²) in [4.78, 5) is 2.52. The molecule has 0 aliphatic heterocycles. The minimum absolute atomic E-state index is 0. The van der Waals surface area contributed by atoms with E-state index in [-0.39, 0.29) is 40.0 Å². The van der Waals surface area contributed by atoms with Crippen LogP contribution in [0.25, 0.3) is 46.0 Å². The van der Waals surface area contributed by atoms with E-state index < -0.39 is 10.1 Å². The van der Waals surface area contributed by atoms with Crippen molar-refractivity contribution in [2.75, 3.05) is 0 Å². The average molecular weight is 583 g/mol. The Hall–Kier alpha value is -4.19. The van der Waals surface area contributed by atoms with Gasteiger partial charge in [-0.15, -0.1) is 10.2 Å². The van der Waals surface area contributed by atoms with Gasteiger partial charge in [0.2, 0.25) is 0 Å². The van der Waals surface area contributed by atoms with Gasteiger partial charge >= 0.3 is 29.6 Å². The Labute approximate surface area is 265 Å². The second-order valence-electron chi connectivity index (χ2n) is 9.32. The fourth-order valence-electron chi connectivity index (χ4n) is 4.41. The minimum atomic E-state index is -4.78. The summed E-state index contributed by atoms with van der Waals surface area (Å²) in [5, 5.41) is 17.7. The molecule has 0 aliphatic rings. The predicted octanol–water partition coefficient (Wildman–Crippen LogP) is 2.57. The summed E-state index contributed by atoms with van der Waals surface area (Å²) >= 11 is 0. The molecule has 6 rings (SSSR count). The molecule has 11 heteroatoms. The Morgan fingerprint density at radius 3 is 1.64 bits per heavy atom. The van der Waals surface area contributed by atoms with Crippen LogP contribution in [0.1, 0.15) is 16.7 Å². The summed E-state index contributed by atoms with van der Waals surface area (Å²) in [5.41, 5.74) is 6.44. The zero-order valence-corrected chi connectivity index (χ0v) is 25.7. The summed E-state index contributed by atoms with van der Waals surface area (Å²) in [5.74, 6) is 0. The smallest absolute Gasteiger partial charge is 0.744 e. The molecule has 2 heterocycles. The quantitative estimate of drug-likeness (QED) is 0.161. The summed E-state index contributed by atoms with van der Waals surface area (Å²) in [6.07, 6.45) is 6.69. The molecule has 0 radical (unpaired) electrons. The molecule has 0 unspecified atom stereocenters. The monoisotopic (exact) mass is 582 g/mol. The second-order valence-corrected chi connectivity index (χ2v) is 10.7. The number of aryl methyl sites for hydroxylation is 1. The molecule has 0 atom stereocenters. The number of hydrogen-bond acceptors (Lipinski definition) is 7. The van der Waals surface area contributed by atoms with Gasteiger partial charge in [0.05, 0.1) is 28.7 Å². The van der Waals surface area contributed by atoms with Crippen molar-refractivity contribution in [1.82, 2.24) is 30.0 Å². The van der Waals surface area contributed by atoms with Crippen LogP contribution >= 0.6 is 0 Å². The molecule has 202 valence electrons. The van der Waals surface area contributed by atoms with Gasteiger partial charge in [-0.25, -0.2) is 8.42 Å². The Morgan fingerprint density at radius 2 is 1.14 bits per heavy atom. The fourth-order valence-corrected chi connectivity index (χ4v) is 5.10. The van der Waals surface area contributed by atoms with Crippen LogP contribution in [0.15, 0.2) is 114 Å². The van der Waals surface area contributed by atoms with Crippen molar-refractivity contribution in [1.29, 1.82) is 0 Å². The zero-order chi connectivity index (χ0) is 28.4. The first kappa shape index (κ1) is 29.3. The Morgan fingerprint density at radius 1 is 0.667 bits per heavy atom. The average Bonchev–Trinajstić information content (AvgIpc) is 3.68. The van der Waals surface area contributed by atoms with Crippen molar-refractivity contribution in [3.63, 3.8) is 0 Å². The van der Waals surface area contributed by atoms with E-state index in [1.54, 1.807) is 41.5 Å². The first-order chi connectivity index (χ1) is 19.8. The van der Waals surface area contributed by atoms with E-state index in [2.05, 4.69) is 20.4 Å². The molecule has 0 spiro atoms. The SMILES string of the molecule is Cc1cc(-n2ncc(-c3ccccc3)n2)ccc1C=Cc1ccc(-n2ncc(-c3ccccc3)n2)cc1S(=O)(=O)[O-].[Na+]. The van der Waals surface area contributed by atoms with Gasteiger partial charge in [0.25, 0.3) is 0 Å². The molecule has 0 aliphatic carbocycles. The zero-order valence-electron chi connectivity index (χ0n) is 22.9. The van der Waals surface area contributed by atoms with Crippen LogP contribution in [0.2, 0.25) is 0 Å². The third-order valence-electron chi connectivity index (χ3n) is 6.55. The molecular formula is C31H23N6NaO3S. The number of nitrogens with zero attached hydrogens (tertiary/aromatic N) is 6. The maximum atomic E-state index is 12.2. The van der Waals surface area contributed by atoms with Crippen LogP contribution in [-0.2, 0) is 10.1 Å². The van der Waals surface area contributed by atoms with E-state index in [9.17, 15) is 13.0 Å². The van der Waals surface area contributed by atoms with Crippen molar-refractivity contribution < 1.29 is 42.5 Å². The van der Waals surface area contributed by atoms with Crippen LogP contribution in [0, 0.1) is 6.92 Å². The van der Waals surface area contributed by atoms with E-state index in [4.69, 9.17) is 0 Å². The summed E-state index contributed by atoms with van der Waals surface area (Å²) in [6, 6.07) is 29.5. The van der Waals surface area contributed by atoms with Crippen LogP contribution in [0.5, 0.6) is 0 Å². The topological polar surface area (TPSA) is 119 Å². The molecule has 2 aromatic heterocycles. The molecule has 9 nitrogen and oxygen atoms in total. The first-order valence-corrected chi connectivity index (χ1v) is 14.1. The van der Waals surface area contributed by atoms with Gasteiger partial charge in [-0.05, 0) is 47.9 Å². The molecular weight excluding hydrogens is 559 g/mol. The molecule has 42 heavy (non-hydrogen) atoms. The normalized spacial score (nSPS) is 11.5. The van der Waals surface area contributed by atoms with Gasteiger partial charge in [0.1, 0.15) is 21.5 Å². The number of benzene rings is 4. The van der Waals surface area contributed by atoms with Gasteiger partial charge in [0.15, 0.2) is 0 Å². The van der Waals surface area contributed by atoms with Gasteiger partial charge < -0.3 is 4.55 Å². The molecule has 0 N–H and O–H groups in total. The molecule has 0 bridgehead atoms. The number of rotatable bonds is 7. The third-order valence-corrected chi connectivity index (χ3v) is 7.44.